The zero-order valence-corrected chi connectivity index (χ0v) is 8.16. The quantitative estimate of drug-likeness (QED) is 0.456. The molecule has 0 spiro atoms. The van der Waals surface area contributed by atoms with E-state index in [-0.39, 0.29) is 5.69 Å². The van der Waals surface area contributed by atoms with Crippen LogP contribution in [0.4, 0.5) is 24.5 Å². The van der Waals surface area contributed by atoms with E-state index in [0.29, 0.717) is 12.1 Å². The molecule has 0 radical (unpaired) electrons. The molecule has 0 aliphatic rings. The Morgan fingerprint density at radius 1 is 1.38 bits per heavy atom. The first kappa shape index (κ1) is 12.4. The van der Waals surface area contributed by atoms with Crippen molar-refractivity contribution in [2.24, 2.45) is 9.75 Å². The number of alkyl halides is 3. The third-order valence-electron chi connectivity index (χ3n) is 1.64. The van der Waals surface area contributed by atoms with Gasteiger partial charge in [-0.05, 0) is 12.1 Å². The molecule has 9 heteroatoms. The lowest BCUT2D eigenvalue weighted by molar-refractivity contribution is -0.384. The molecule has 0 N–H and O–H groups in total. The van der Waals surface area contributed by atoms with Crippen LogP contribution in [0.3, 0.4) is 0 Å². The summed E-state index contributed by atoms with van der Waals surface area (Å²) in [6.45, 7) is 0. The van der Waals surface area contributed by atoms with Crippen LogP contribution in [0, 0.1) is 10.1 Å². The van der Waals surface area contributed by atoms with Gasteiger partial charge in [0.1, 0.15) is 0 Å². The van der Waals surface area contributed by atoms with Gasteiger partial charge in [-0.2, -0.15) is 13.2 Å². The van der Waals surface area contributed by atoms with E-state index in [9.17, 15) is 23.3 Å². The lowest BCUT2D eigenvalue weighted by atomic mass is 10.1. The zero-order chi connectivity index (χ0) is 12.3. The minimum atomic E-state index is -4.65. The molecule has 0 aliphatic heterocycles. The summed E-state index contributed by atoms with van der Waals surface area (Å²) in [5.41, 5.74) is -2.28. The molecule has 0 saturated carbocycles. The minimum absolute atomic E-state index is 0.340. The molecular weight excluding hydrogens is 251 g/mol. The average molecular weight is 254 g/mol. The maximum Gasteiger partial charge on any atom is 0.416 e. The molecule has 5 nitrogen and oxygen atoms in total. The molecule has 1 aromatic rings. The highest BCUT2D eigenvalue weighted by molar-refractivity contribution is 6.14. The Bertz CT molecular complexity index is 447. The molecule has 0 amide bonds. The van der Waals surface area contributed by atoms with Crippen molar-refractivity contribution < 1.29 is 18.1 Å². The predicted molar refractivity (Wildman–Crippen MR) is 48.5 cm³/mol. The highest BCUT2D eigenvalue weighted by Crippen LogP contribution is 2.36. The van der Waals surface area contributed by atoms with Crippen LogP contribution < -0.4 is 0 Å². The molecular formula is C7H3ClF3N3O2. The van der Waals surface area contributed by atoms with E-state index >= 15 is 0 Å². The molecule has 0 aliphatic carbocycles. The van der Waals surface area contributed by atoms with Gasteiger partial charge in [0, 0.05) is 6.07 Å². The van der Waals surface area contributed by atoms with Gasteiger partial charge in [-0.1, -0.05) is 4.63 Å². The van der Waals surface area contributed by atoms with Gasteiger partial charge in [-0.25, -0.2) is 0 Å². The number of nitro benzene ring substituents is 1. The summed E-state index contributed by atoms with van der Waals surface area (Å²) < 4.78 is 39.5. The standard InChI is InChI=1S/C7H3ClF3N3O2/c8-13-12-5-2-1-4(7(9,10)11)3-6(5)14(15)16/h1-3H. The highest BCUT2D eigenvalue weighted by atomic mass is 35.5. The molecule has 0 aromatic heterocycles. The monoisotopic (exact) mass is 253 g/mol. The van der Waals surface area contributed by atoms with Crippen molar-refractivity contribution in [2.75, 3.05) is 0 Å². The molecule has 0 atom stereocenters. The average Bonchev–Trinajstić information content (AvgIpc) is 2.16. The van der Waals surface area contributed by atoms with E-state index in [1.807, 2.05) is 0 Å². The van der Waals surface area contributed by atoms with Gasteiger partial charge in [0.05, 0.1) is 22.3 Å². The lowest BCUT2D eigenvalue weighted by Gasteiger charge is -2.06. The molecule has 16 heavy (non-hydrogen) atoms. The van der Waals surface area contributed by atoms with Crippen LogP contribution in [0.25, 0.3) is 0 Å². The number of rotatable bonds is 2. The smallest absolute Gasteiger partial charge is 0.258 e. The first-order valence-electron chi connectivity index (χ1n) is 3.74. The summed E-state index contributed by atoms with van der Waals surface area (Å²) in [6, 6.07) is 1.86. The minimum Gasteiger partial charge on any atom is -0.258 e. The molecule has 0 bridgehead atoms. The van der Waals surface area contributed by atoms with Crippen LogP contribution in [0.15, 0.2) is 27.9 Å². The van der Waals surface area contributed by atoms with E-state index < -0.39 is 22.4 Å². The first-order valence-corrected chi connectivity index (χ1v) is 4.07. The van der Waals surface area contributed by atoms with E-state index in [1.54, 1.807) is 0 Å². The fourth-order valence-corrected chi connectivity index (χ4v) is 1.05. The molecule has 0 unspecified atom stereocenters. The van der Waals surface area contributed by atoms with E-state index in [2.05, 4.69) is 9.75 Å². The summed E-state index contributed by atoms with van der Waals surface area (Å²) in [5, 5.41) is 13.6. The van der Waals surface area contributed by atoms with Crippen LogP contribution in [0.5, 0.6) is 0 Å². The van der Waals surface area contributed by atoms with Crippen molar-refractivity contribution in [2.45, 2.75) is 6.18 Å². The van der Waals surface area contributed by atoms with Gasteiger partial charge in [0.2, 0.25) is 0 Å². The maximum absolute atomic E-state index is 12.2. The van der Waals surface area contributed by atoms with Gasteiger partial charge < -0.3 is 0 Å². The number of hydrogen-bond donors (Lipinski definition) is 0. The zero-order valence-electron chi connectivity index (χ0n) is 7.40. The largest absolute Gasteiger partial charge is 0.416 e. The second-order valence-electron chi connectivity index (χ2n) is 2.63. The van der Waals surface area contributed by atoms with Crippen LogP contribution in [-0.4, -0.2) is 4.92 Å². The fourth-order valence-electron chi connectivity index (χ4n) is 0.971. The second kappa shape index (κ2) is 4.44. The maximum atomic E-state index is 12.2. The number of benzene rings is 1. The second-order valence-corrected chi connectivity index (χ2v) is 2.79. The number of nitro groups is 1. The normalized spacial score (nSPS) is 12.0. The number of halogens is 4. The van der Waals surface area contributed by atoms with Crippen LogP contribution in [0.1, 0.15) is 5.56 Å². The molecule has 1 aromatic carbocycles. The Hall–Kier alpha value is -1.70. The van der Waals surface area contributed by atoms with Crippen molar-refractivity contribution in [3.8, 4) is 0 Å². The van der Waals surface area contributed by atoms with Crippen molar-refractivity contribution in [1.82, 2.24) is 0 Å². The summed E-state index contributed by atoms with van der Waals surface area (Å²) in [4.78, 5) is 9.48. The Morgan fingerprint density at radius 3 is 2.44 bits per heavy atom. The van der Waals surface area contributed by atoms with Crippen molar-refractivity contribution in [3.05, 3.63) is 33.9 Å². The summed E-state index contributed by atoms with van der Waals surface area (Å²) >= 11 is 4.86. The number of nitrogens with zero attached hydrogens (tertiary/aromatic N) is 3. The van der Waals surface area contributed by atoms with Crippen molar-refractivity contribution in [3.63, 3.8) is 0 Å². The predicted octanol–water partition coefficient (Wildman–Crippen LogP) is 3.85. The Labute approximate surface area is 91.8 Å². The third-order valence-corrected chi connectivity index (χ3v) is 1.72. The van der Waals surface area contributed by atoms with Crippen LogP contribution in [0.2, 0.25) is 0 Å². The first-order chi connectivity index (χ1) is 7.36. The Morgan fingerprint density at radius 2 is 2.00 bits per heavy atom. The molecule has 0 saturated heterocycles. The Kier molecular flexibility index (Phi) is 3.43. The third kappa shape index (κ3) is 2.66. The van der Waals surface area contributed by atoms with Crippen molar-refractivity contribution in [1.29, 1.82) is 0 Å². The van der Waals surface area contributed by atoms with Gasteiger partial charge in [0.15, 0.2) is 5.69 Å². The van der Waals surface area contributed by atoms with Gasteiger partial charge in [-0.15, -0.1) is 5.11 Å². The van der Waals surface area contributed by atoms with Crippen LogP contribution >= 0.6 is 11.8 Å². The SMILES string of the molecule is O=[N+]([O-])c1cc(C(F)(F)F)ccc1N=NCl. The van der Waals surface area contributed by atoms with Gasteiger partial charge in [0.25, 0.3) is 5.69 Å². The summed E-state index contributed by atoms with van der Waals surface area (Å²) in [6.07, 6.45) is -4.65. The number of hydrogen-bond acceptors (Lipinski definition) is 4. The molecule has 1 rings (SSSR count). The summed E-state index contributed by atoms with van der Waals surface area (Å²) in [7, 11) is 0. The molecule has 0 heterocycles. The van der Waals surface area contributed by atoms with Crippen molar-refractivity contribution >= 4 is 23.2 Å². The topological polar surface area (TPSA) is 67.9 Å². The van der Waals surface area contributed by atoms with E-state index in [0.717, 1.165) is 6.07 Å². The van der Waals surface area contributed by atoms with Gasteiger partial charge >= 0.3 is 6.18 Å². The van der Waals surface area contributed by atoms with Crippen LogP contribution in [-0.2, 0) is 6.18 Å². The molecule has 0 fully saturated rings. The Balaban J connectivity index is 3.34. The van der Waals surface area contributed by atoms with E-state index in [4.69, 9.17) is 11.8 Å². The fraction of sp³-hybridized carbons (Fsp3) is 0.143. The highest BCUT2D eigenvalue weighted by Gasteiger charge is 2.33. The van der Waals surface area contributed by atoms with E-state index in [1.165, 1.54) is 0 Å². The summed E-state index contributed by atoms with van der Waals surface area (Å²) in [5.74, 6) is 0. The van der Waals surface area contributed by atoms with Gasteiger partial charge in [-0.3, -0.25) is 10.1 Å². The lowest BCUT2D eigenvalue weighted by Crippen LogP contribution is -2.05. The molecule has 86 valence electrons.